The van der Waals surface area contributed by atoms with Crippen molar-refractivity contribution < 1.29 is 4.79 Å². The van der Waals surface area contributed by atoms with Crippen molar-refractivity contribution in [2.45, 2.75) is 26.7 Å². The first-order valence-corrected chi connectivity index (χ1v) is 8.73. The number of anilines is 2. The highest BCUT2D eigenvalue weighted by Gasteiger charge is 2.09. The van der Waals surface area contributed by atoms with Crippen LogP contribution in [0.2, 0.25) is 0 Å². The number of nitrogens with one attached hydrogen (secondary N) is 2. The lowest BCUT2D eigenvalue weighted by molar-refractivity contribution is -0.116. The minimum atomic E-state index is -0.200. The van der Waals surface area contributed by atoms with E-state index in [0.717, 1.165) is 11.3 Å². The van der Waals surface area contributed by atoms with Crippen LogP contribution in [0.1, 0.15) is 24.6 Å². The topological polar surface area (TPSA) is 101 Å². The summed E-state index contributed by atoms with van der Waals surface area (Å²) in [5.74, 6) is 0.381. The van der Waals surface area contributed by atoms with E-state index in [1.807, 2.05) is 19.9 Å². The van der Waals surface area contributed by atoms with E-state index in [4.69, 9.17) is 0 Å². The van der Waals surface area contributed by atoms with Crippen molar-refractivity contribution in [3.05, 3.63) is 46.0 Å². The molecule has 0 saturated carbocycles. The first-order valence-electron chi connectivity index (χ1n) is 7.91. The summed E-state index contributed by atoms with van der Waals surface area (Å²) in [4.78, 5) is 32.9. The molecule has 2 N–H and O–H groups in total. The van der Waals surface area contributed by atoms with Gasteiger partial charge in [0.05, 0.1) is 0 Å². The van der Waals surface area contributed by atoms with E-state index in [9.17, 15) is 9.59 Å². The molecule has 0 atom stereocenters. The van der Waals surface area contributed by atoms with Gasteiger partial charge in [-0.25, -0.2) is 9.97 Å². The molecule has 0 radical (unpaired) electrons. The number of nitrogens with zero attached hydrogens (tertiary/aromatic N) is 4. The Morgan fingerprint density at radius 3 is 2.92 bits per heavy atom. The fourth-order valence-electron chi connectivity index (χ4n) is 2.14. The second kappa shape index (κ2) is 7.39. The number of hydrogen-bond donors (Lipinski definition) is 2. The first-order chi connectivity index (χ1) is 12.0. The largest absolute Gasteiger partial charge is 0.360 e. The smallest absolute Gasteiger partial charge is 0.275 e. The maximum absolute atomic E-state index is 11.9. The summed E-state index contributed by atoms with van der Waals surface area (Å²) in [6.45, 7) is 4.27. The minimum absolute atomic E-state index is 0.145. The van der Waals surface area contributed by atoms with Gasteiger partial charge in [0.15, 0.2) is 0 Å². The van der Waals surface area contributed by atoms with Gasteiger partial charge in [-0.1, -0.05) is 24.3 Å². The van der Waals surface area contributed by atoms with Crippen LogP contribution in [0, 0.1) is 6.92 Å². The summed E-state index contributed by atoms with van der Waals surface area (Å²) in [6, 6.07) is 5.13. The van der Waals surface area contributed by atoms with E-state index in [0.29, 0.717) is 28.9 Å². The molecule has 0 bridgehead atoms. The number of carbonyl (C=O) groups is 1. The third-order valence-corrected chi connectivity index (χ3v) is 4.33. The Morgan fingerprint density at radius 1 is 1.36 bits per heavy atom. The Balaban J connectivity index is 1.57. The molecule has 3 aromatic rings. The number of aromatic nitrogens is 4. The molecule has 0 saturated heterocycles. The first kappa shape index (κ1) is 17.0. The molecule has 0 aromatic carbocycles. The Kier molecular flexibility index (Phi) is 5.03. The molecular weight excluding hydrogens is 340 g/mol. The molecule has 0 aliphatic heterocycles. The molecule has 3 aromatic heterocycles. The number of aryl methyl sites for hydroxylation is 2. The molecule has 0 aliphatic rings. The number of fused-ring (bicyclic) bond motifs is 1. The maximum Gasteiger partial charge on any atom is 0.275 e. The van der Waals surface area contributed by atoms with Gasteiger partial charge in [0.1, 0.15) is 5.82 Å². The second-order valence-electron chi connectivity index (χ2n) is 5.49. The molecule has 9 heteroatoms. The van der Waals surface area contributed by atoms with Gasteiger partial charge in [-0.05, 0) is 25.0 Å². The molecule has 0 fully saturated rings. The van der Waals surface area contributed by atoms with E-state index >= 15 is 0 Å². The number of rotatable bonds is 6. The van der Waals surface area contributed by atoms with E-state index in [-0.39, 0.29) is 17.9 Å². The third kappa shape index (κ3) is 4.18. The highest BCUT2D eigenvalue weighted by Crippen LogP contribution is 2.16. The standard InChI is InChI=1S/C16H18N6O2S/c1-3-11-8-14(24)22-16(19-11)25-15(21-22)17-7-6-13(23)20-12-5-4-10(2)9-18-12/h4-5,8-9H,3,6-7H2,1-2H3,(H,17,21)(H,18,20,23). The van der Waals surface area contributed by atoms with Crippen molar-refractivity contribution in [2.24, 2.45) is 0 Å². The summed E-state index contributed by atoms with van der Waals surface area (Å²) < 4.78 is 1.27. The highest BCUT2D eigenvalue weighted by atomic mass is 32.1. The predicted molar refractivity (Wildman–Crippen MR) is 97.2 cm³/mol. The molecule has 1 amide bonds. The van der Waals surface area contributed by atoms with Gasteiger partial charge in [0.2, 0.25) is 16.0 Å². The van der Waals surface area contributed by atoms with Gasteiger partial charge in [-0.2, -0.15) is 4.52 Å². The Bertz CT molecular complexity index is 947. The van der Waals surface area contributed by atoms with Crippen LogP contribution in [0.25, 0.3) is 4.96 Å². The summed E-state index contributed by atoms with van der Waals surface area (Å²) in [6.07, 6.45) is 2.65. The molecule has 3 heterocycles. The molecule has 8 nitrogen and oxygen atoms in total. The average Bonchev–Trinajstić information content (AvgIpc) is 3.00. The van der Waals surface area contributed by atoms with Gasteiger partial charge < -0.3 is 10.6 Å². The van der Waals surface area contributed by atoms with Crippen LogP contribution >= 0.6 is 11.3 Å². The lowest BCUT2D eigenvalue weighted by Gasteiger charge is -2.05. The molecule has 3 rings (SSSR count). The van der Waals surface area contributed by atoms with Gasteiger partial charge in [-0.15, -0.1) is 5.10 Å². The maximum atomic E-state index is 11.9. The minimum Gasteiger partial charge on any atom is -0.360 e. The van der Waals surface area contributed by atoms with E-state index in [2.05, 4.69) is 25.7 Å². The van der Waals surface area contributed by atoms with Gasteiger partial charge in [0.25, 0.3) is 5.56 Å². The summed E-state index contributed by atoms with van der Waals surface area (Å²) in [7, 11) is 0. The Morgan fingerprint density at radius 2 is 2.20 bits per heavy atom. The van der Waals surface area contributed by atoms with Crippen LogP contribution in [0.5, 0.6) is 0 Å². The van der Waals surface area contributed by atoms with Crippen LogP contribution in [-0.2, 0) is 11.2 Å². The number of amides is 1. The predicted octanol–water partition coefficient (Wildman–Crippen LogP) is 1.86. The SMILES string of the molecule is CCc1cc(=O)n2nc(NCCC(=O)Nc3ccc(C)cn3)sc2n1. The molecule has 0 spiro atoms. The summed E-state index contributed by atoms with van der Waals surface area (Å²) >= 11 is 1.28. The average molecular weight is 358 g/mol. The fourth-order valence-corrected chi connectivity index (χ4v) is 2.99. The van der Waals surface area contributed by atoms with Crippen molar-refractivity contribution in [3.63, 3.8) is 0 Å². The Labute approximate surface area is 147 Å². The van der Waals surface area contributed by atoms with Crippen LogP contribution < -0.4 is 16.2 Å². The van der Waals surface area contributed by atoms with E-state index in [1.54, 1.807) is 12.3 Å². The molecular formula is C16H18N6O2S. The summed E-state index contributed by atoms with van der Waals surface area (Å²) in [5.41, 5.74) is 1.57. The second-order valence-corrected chi connectivity index (χ2v) is 6.44. The zero-order chi connectivity index (χ0) is 17.8. The zero-order valence-corrected chi connectivity index (χ0v) is 14.8. The molecule has 25 heavy (non-hydrogen) atoms. The van der Waals surface area contributed by atoms with Crippen LogP contribution in [0.4, 0.5) is 10.9 Å². The van der Waals surface area contributed by atoms with E-state index in [1.165, 1.54) is 21.9 Å². The number of pyridine rings is 1. The lowest BCUT2D eigenvalue weighted by atomic mass is 10.3. The fraction of sp³-hybridized carbons (Fsp3) is 0.312. The van der Waals surface area contributed by atoms with Crippen LogP contribution in [0.3, 0.4) is 0 Å². The summed E-state index contributed by atoms with van der Waals surface area (Å²) in [5, 5.41) is 10.5. The van der Waals surface area contributed by atoms with Gasteiger partial charge in [0, 0.05) is 30.9 Å². The lowest BCUT2D eigenvalue weighted by Crippen LogP contribution is -2.17. The van der Waals surface area contributed by atoms with Gasteiger partial charge >= 0.3 is 0 Å². The Hall–Kier alpha value is -2.81. The van der Waals surface area contributed by atoms with Crippen molar-refractivity contribution >= 4 is 33.2 Å². The number of carbonyl (C=O) groups excluding carboxylic acids is 1. The van der Waals surface area contributed by atoms with Crippen molar-refractivity contribution in [2.75, 3.05) is 17.2 Å². The number of hydrogen-bond acceptors (Lipinski definition) is 7. The molecule has 0 aliphatic carbocycles. The van der Waals surface area contributed by atoms with Crippen molar-refractivity contribution in [3.8, 4) is 0 Å². The van der Waals surface area contributed by atoms with Crippen molar-refractivity contribution in [1.29, 1.82) is 0 Å². The normalized spacial score (nSPS) is 10.8. The molecule has 130 valence electrons. The highest BCUT2D eigenvalue weighted by molar-refractivity contribution is 7.20. The van der Waals surface area contributed by atoms with E-state index < -0.39 is 0 Å². The van der Waals surface area contributed by atoms with Crippen molar-refractivity contribution in [1.82, 2.24) is 19.6 Å². The quantitative estimate of drug-likeness (QED) is 0.697. The van der Waals surface area contributed by atoms with Crippen LogP contribution in [0.15, 0.2) is 29.2 Å². The third-order valence-electron chi connectivity index (χ3n) is 3.47. The van der Waals surface area contributed by atoms with Crippen LogP contribution in [-0.4, -0.2) is 32.0 Å². The monoisotopic (exact) mass is 358 g/mol. The zero-order valence-electron chi connectivity index (χ0n) is 13.9. The van der Waals surface area contributed by atoms with Gasteiger partial charge in [-0.3, -0.25) is 9.59 Å². The molecule has 0 unspecified atom stereocenters.